The number of rotatable bonds is 5. The summed E-state index contributed by atoms with van der Waals surface area (Å²) in [5.74, 6) is 0. The predicted octanol–water partition coefficient (Wildman–Crippen LogP) is 1.80. The maximum Gasteiger partial charge on any atom is 0.0879 e. The molecule has 0 radical (unpaired) electrons. The van der Waals surface area contributed by atoms with Crippen LogP contribution in [-0.4, -0.2) is 24.5 Å². The van der Waals surface area contributed by atoms with Crippen molar-refractivity contribution in [2.24, 2.45) is 5.73 Å². The summed E-state index contributed by atoms with van der Waals surface area (Å²) in [6.45, 7) is 0.749. The maximum atomic E-state index is 8.77. The van der Waals surface area contributed by atoms with Crippen molar-refractivity contribution in [3.05, 3.63) is 34.3 Å². The van der Waals surface area contributed by atoms with E-state index < -0.39 is 0 Å². The summed E-state index contributed by atoms with van der Waals surface area (Å²) in [4.78, 5) is 1.76. The molecule has 0 spiro atoms. The number of benzene rings is 1. The average molecular weight is 293 g/mol. The molecule has 0 saturated heterocycles. The molecule has 17 heavy (non-hydrogen) atoms. The van der Waals surface area contributed by atoms with Crippen molar-refractivity contribution < 1.29 is 0 Å². The second kappa shape index (κ2) is 7.03. The molecule has 88 valence electrons. The van der Waals surface area contributed by atoms with Crippen LogP contribution in [0.2, 0.25) is 0 Å². The lowest BCUT2D eigenvalue weighted by Crippen LogP contribution is -2.34. The van der Waals surface area contributed by atoms with Gasteiger partial charge >= 0.3 is 0 Å². The normalized spacial score (nSPS) is 11.8. The highest BCUT2D eigenvalue weighted by Crippen LogP contribution is 2.26. The molecule has 0 heterocycles. The van der Waals surface area contributed by atoms with Crippen molar-refractivity contribution in [1.82, 2.24) is 4.90 Å². The van der Waals surface area contributed by atoms with Crippen molar-refractivity contribution in [3.63, 3.8) is 0 Å². The van der Waals surface area contributed by atoms with Crippen LogP contribution < -0.4 is 5.73 Å². The summed E-state index contributed by atoms with van der Waals surface area (Å²) in [5, 5.41) is 17.5. The van der Waals surface area contributed by atoms with Gasteiger partial charge in [-0.3, -0.25) is 4.90 Å². The van der Waals surface area contributed by atoms with Gasteiger partial charge in [0, 0.05) is 11.0 Å². The molecule has 0 aliphatic rings. The molecule has 0 bridgehead atoms. The first-order valence-electron chi connectivity index (χ1n) is 5.17. The van der Waals surface area contributed by atoms with E-state index in [1.54, 1.807) is 4.90 Å². The van der Waals surface area contributed by atoms with Gasteiger partial charge in [0.05, 0.1) is 31.3 Å². The molecule has 0 saturated carbocycles. The SMILES string of the molecule is N#CCN(CC#N)C(CN)c1ccccc1Br. The number of nitrogens with zero attached hydrogens (tertiary/aromatic N) is 3. The van der Waals surface area contributed by atoms with Crippen LogP contribution in [0.3, 0.4) is 0 Å². The van der Waals surface area contributed by atoms with E-state index in [1.165, 1.54) is 0 Å². The Morgan fingerprint density at radius 2 is 1.82 bits per heavy atom. The summed E-state index contributed by atoms with van der Waals surface area (Å²) >= 11 is 3.46. The minimum Gasteiger partial charge on any atom is -0.329 e. The van der Waals surface area contributed by atoms with E-state index in [2.05, 4.69) is 28.1 Å². The number of hydrogen-bond donors (Lipinski definition) is 1. The van der Waals surface area contributed by atoms with Gasteiger partial charge in [-0.25, -0.2) is 0 Å². The zero-order valence-corrected chi connectivity index (χ0v) is 10.9. The Balaban J connectivity index is 3.01. The zero-order chi connectivity index (χ0) is 12.7. The summed E-state index contributed by atoms with van der Waals surface area (Å²) in [5.41, 5.74) is 6.75. The quantitative estimate of drug-likeness (QED) is 0.840. The Labute approximate surface area is 109 Å². The molecule has 4 nitrogen and oxygen atoms in total. The predicted molar refractivity (Wildman–Crippen MR) is 68.7 cm³/mol. The summed E-state index contributed by atoms with van der Waals surface area (Å²) in [6, 6.07) is 11.7. The Morgan fingerprint density at radius 3 is 2.29 bits per heavy atom. The summed E-state index contributed by atoms with van der Waals surface area (Å²) in [7, 11) is 0. The Kier molecular flexibility index (Phi) is 5.65. The molecule has 1 atom stereocenters. The van der Waals surface area contributed by atoms with Crippen LogP contribution in [-0.2, 0) is 0 Å². The van der Waals surface area contributed by atoms with E-state index in [9.17, 15) is 0 Å². The van der Waals surface area contributed by atoms with E-state index in [1.807, 2.05) is 24.3 Å². The number of nitrogens with two attached hydrogens (primary N) is 1. The van der Waals surface area contributed by atoms with Gasteiger partial charge in [0.1, 0.15) is 0 Å². The first kappa shape index (κ1) is 13.7. The van der Waals surface area contributed by atoms with Gasteiger partial charge in [-0.15, -0.1) is 0 Å². The van der Waals surface area contributed by atoms with E-state index in [4.69, 9.17) is 16.3 Å². The topological polar surface area (TPSA) is 76.8 Å². The van der Waals surface area contributed by atoms with Crippen molar-refractivity contribution in [1.29, 1.82) is 10.5 Å². The lowest BCUT2D eigenvalue weighted by Gasteiger charge is -2.27. The highest BCUT2D eigenvalue weighted by molar-refractivity contribution is 9.10. The molecule has 5 heteroatoms. The monoisotopic (exact) mass is 292 g/mol. The van der Waals surface area contributed by atoms with Crippen LogP contribution in [0.15, 0.2) is 28.7 Å². The Bertz CT molecular complexity index is 431. The molecule has 0 aliphatic carbocycles. The molecule has 0 amide bonds. The molecule has 2 N–H and O–H groups in total. The Hall–Kier alpha value is -1.40. The standard InChI is InChI=1S/C12H13BrN4/c13-11-4-2-1-3-10(11)12(9-16)17(7-5-14)8-6-15/h1-4,12H,7-9,16H2. The highest BCUT2D eigenvalue weighted by atomic mass is 79.9. The van der Waals surface area contributed by atoms with Gasteiger partial charge in [-0.1, -0.05) is 34.1 Å². The zero-order valence-electron chi connectivity index (χ0n) is 9.31. The first-order valence-corrected chi connectivity index (χ1v) is 5.96. The molecule has 1 unspecified atom stereocenters. The lowest BCUT2D eigenvalue weighted by molar-refractivity contribution is 0.253. The van der Waals surface area contributed by atoms with E-state index >= 15 is 0 Å². The molecular formula is C12H13BrN4. The molecule has 0 fully saturated rings. The van der Waals surface area contributed by atoms with E-state index in [0.29, 0.717) is 6.54 Å². The summed E-state index contributed by atoms with van der Waals surface area (Å²) < 4.78 is 0.941. The van der Waals surface area contributed by atoms with Crippen molar-refractivity contribution >= 4 is 15.9 Å². The maximum absolute atomic E-state index is 8.77. The fraction of sp³-hybridized carbons (Fsp3) is 0.333. The summed E-state index contributed by atoms with van der Waals surface area (Å²) in [6.07, 6.45) is 0. The van der Waals surface area contributed by atoms with E-state index in [-0.39, 0.29) is 19.1 Å². The average Bonchev–Trinajstić information content (AvgIpc) is 2.33. The number of halogens is 1. The van der Waals surface area contributed by atoms with Crippen molar-refractivity contribution in [3.8, 4) is 12.1 Å². The molecule has 0 aromatic heterocycles. The minimum atomic E-state index is -0.120. The number of hydrogen-bond acceptors (Lipinski definition) is 4. The van der Waals surface area contributed by atoms with Gasteiger partial charge in [0.2, 0.25) is 0 Å². The smallest absolute Gasteiger partial charge is 0.0879 e. The van der Waals surface area contributed by atoms with Crippen molar-refractivity contribution in [2.45, 2.75) is 6.04 Å². The van der Waals surface area contributed by atoms with Gasteiger partial charge < -0.3 is 5.73 Å². The fourth-order valence-electron chi connectivity index (χ4n) is 1.68. The fourth-order valence-corrected chi connectivity index (χ4v) is 2.23. The third-order valence-corrected chi connectivity index (χ3v) is 3.20. The second-order valence-electron chi connectivity index (χ2n) is 3.49. The largest absolute Gasteiger partial charge is 0.329 e. The third kappa shape index (κ3) is 3.54. The third-order valence-electron chi connectivity index (χ3n) is 2.48. The van der Waals surface area contributed by atoms with Crippen molar-refractivity contribution in [2.75, 3.05) is 19.6 Å². The van der Waals surface area contributed by atoms with Crippen LogP contribution in [0.25, 0.3) is 0 Å². The van der Waals surface area contributed by atoms with Gasteiger partial charge in [0.25, 0.3) is 0 Å². The minimum absolute atomic E-state index is 0.120. The van der Waals surface area contributed by atoms with E-state index in [0.717, 1.165) is 10.0 Å². The number of nitriles is 2. The van der Waals surface area contributed by atoms with Crippen LogP contribution >= 0.6 is 15.9 Å². The molecule has 1 rings (SSSR count). The molecule has 0 aliphatic heterocycles. The van der Waals surface area contributed by atoms with Gasteiger partial charge in [0.15, 0.2) is 0 Å². The molecule has 1 aromatic rings. The molecular weight excluding hydrogens is 280 g/mol. The van der Waals surface area contributed by atoms with Crippen LogP contribution in [0.5, 0.6) is 0 Å². The van der Waals surface area contributed by atoms with Gasteiger partial charge in [-0.2, -0.15) is 10.5 Å². The van der Waals surface area contributed by atoms with Crippen LogP contribution in [0.4, 0.5) is 0 Å². The van der Waals surface area contributed by atoms with Crippen LogP contribution in [0, 0.1) is 22.7 Å². The lowest BCUT2D eigenvalue weighted by atomic mass is 10.1. The molecule has 1 aromatic carbocycles. The van der Waals surface area contributed by atoms with Crippen LogP contribution in [0.1, 0.15) is 11.6 Å². The van der Waals surface area contributed by atoms with Gasteiger partial charge in [-0.05, 0) is 11.6 Å². The first-order chi connectivity index (χ1) is 8.24. The Morgan fingerprint density at radius 1 is 1.24 bits per heavy atom. The highest BCUT2D eigenvalue weighted by Gasteiger charge is 2.20. The second-order valence-corrected chi connectivity index (χ2v) is 4.35.